The van der Waals surface area contributed by atoms with Gasteiger partial charge in [-0.3, -0.25) is 10.1 Å². The van der Waals surface area contributed by atoms with Crippen molar-refractivity contribution in [1.82, 2.24) is 5.32 Å². The summed E-state index contributed by atoms with van der Waals surface area (Å²) in [6.45, 7) is 2.70. The van der Waals surface area contributed by atoms with Crippen molar-refractivity contribution in [2.24, 2.45) is 0 Å². The van der Waals surface area contributed by atoms with Crippen LogP contribution in [0.4, 0.5) is 5.00 Å². The molecule has 6 heteroatoms. The Kier molecular flexibility index (Phi) is 4.68. The number of nitro groups is 1. The van der Waals surface area contributed by atoms with E-state index in [1.54, 1.807) is 6.07 Å². The summed E-state index contributed by atoms with van der Waals surface area (Å²) in [4.78, 5) is 10.2. The van der Waals surface area contributed by atoms with Crippen LogP contribution < -0.4 is 5.32 Å². The normalized spacial score (nSPS) is 12.3. The zero-order valence-electron chi connectivity index (χ0n) is 10.3. The van der Waals surface area contributed by atoms with Gasteiger partial charge in [-0.25, -0.2) is 0 Å². The van der Waals surface area contributed by atoms with Gasteiger partial charge in [-0.05, 0) is 30.2 Å². The lowest BCUT2D eigenvalue weighted by Gasteiger charge is -2.13. The van der Waals surface area contributed by atoms with E-state index in [0.717, 1.165) is 21.4 Å². The summed E-state index contributed by atoms with van der Waals surface area (Å²) in [6, 6.07) is 9.93. The summed E-state index contributed by atoms with van der Waals surface area (Å²) in [5.74, 6) is 0. The predicted molar refractivity (Wildman–Crippen MR) is 80.4 cm³/mol. The second-order valence-corrected chi connectivity index (χ2v) is 6.01. The van der Waals surface area contributed by atoms with Crippen molar-refractivity contribution in [2.75, 3.05) is 0 Å². The van der Waals surface area contributed by atoms with Crippen LogP contribution >= 0.6 is 27.3 Å². The SMILES string of the molecule is C[C@@H](NCc1csc([N+](=O)[O-])c1)c1ccc(Br)cc1. The van der Waals surface area contributed by atoms with E-state index in [4.69, 9.17) is 0 Å². The first-order chi connectivity index (χ1) is 9.06. The lowest BCUT2D eigenvalue weighted by molar-refractivity contribution is -0.380. The van der Waals surface area contributed by atoms with Gasteiger partial charge in [0.25, 0.3) is 0 Å². The van der Waals surface area contributed by atoms with Crippen molar-refractivity contribution < 1.29 is 4.92 Å². The highest BCUT2D eigenvalue weighted by atomic mass is 79.9. The zero-order chi connectivity index (χ0) is 13.8. The maximum absolute atomic E-state index is 10.6. The second-order valence-electron chi connectivity index (χ2n) is 4.20. The van der Waals surface area contributed by atoms with Crippen molar-refractivity contribution in [3.05, 3.63) is 61.4 Å². The van der Waals surface area contributed by atoms with Crippen LogP contribution in [-0.4, -0.2) is 4.92 Å². The van der Waals surface area contributed by atoms with Crippen molar-refractivity contribution in [1.29, 1.82) is 0 Å². The molecule has 0 aliphatic rings. The van der Waals surface area contributed by atoms with Gasteiger partial charge in [-0.15, -0.1) is 0 Å². The van der Waals surface area contributed by atoms with E-state index in [2.05, 4.69) is 40.3 Å². The number of benzene rings is 1. The van der Waals surface area contributed by atoms with Crippen LogP contribution in [0.25, 0.3) is 0 Å². The van der Waals surface area contributed by atoms with Gasteiger partial charge in [0.1, 0.15) is 0 Å². The van der Waals surface area contributed by atoms with Gasteiger partial charge in [-0.2, -0.15) is 0 Å². The number of halogens is 1. The molecule has 0 unspecified atom stereocenters. The molecule has 0 radical (unpaired) electrons. The third-order valence-corrected chi connectivity index (χ3v) is 4.26. The molecular formula is C13H13BrN2O2S. The molecule has 0 bridgehead atoms. The van der Waals surface area contributed by atoms with Crippen LogP contribution in [-0.2, 0) is 6.54 Å². The Bertz CT molecular complexity index is 568. The maximum atomic E-state index is 10.6. The number of rotatable bonds is 5. The molecular weight excluding hydrogens is 328 g/mol. The quantitative estimate of drug-likeness (QED) is 0.653. The zero-order valence-corrected chi connectivity index (χ0v) is 12.7. The molecule has 4 nitrogen and oxygen atoms in total. The molecule has 0 saturated heterocycles. The molecule has 0 fully saturated rings. The summed E-state index contributed by atoms with van der Waals surface area (Å²) in [7, 11) is 0. The summed E-state index contributed by atoms with van der Waals surface area (Å²) >= 11 is 4.57. The lowest BCUT2D eigenvalue weighted by atomic mass is 10.1. The van der Waals surface area contributed by atoms with Gasteiger partial charge in [-0.1, -0.05) is 39.4 Å². The molecule has 1 aromatic heterocycles. The second kappa shape index (κ2) is 6.27. The molecule has 0 aliphatic carbocycles. The largest absolute Gasteiger partial charge is 0.324 e. The summed E-state index contributed by atoms with van der Waals surface area (Å²) < 4.78 is 1.05. The minimum Gasteiger partial charge on any atom is -0.306 e. The summed E-state index contributed by atoms with van der Waals surface area (Å²) in [6.07, 6.45) is 0. The van der Waals surface area contributed by atoms with Crippen LogP contribution in [0.1, 0.15) is 24.1 Å². The Morgan fingerprint density at radius 3 is 2.68 bits per heavy atom. The number of nitrogens with one attached hydrogen (secondary N) is 1. The minimum absolute atomic E-state index is 0.188. The Labute approximate surface area is 123 Å². The van der Waals surface area contributed by atoms with E-state index < -0.39 is 0 Å². The molecule has 0 saturated carbocycles. The van der Waals surface area contributed by atoms with E-state index in [1.807, 2.05) is 17.5 Å². The molecule has 0 aliphatic heterocycles. The van der Waals surface area contributed by atoms with Gasteiger partial charge in [0.2, 0.25) is 0 Å². The highest BCUT2D eigenvalue weighted by Gasteiger charge is 2.10. The van der Waals surface area contributed by atoms with Crippen molar-refractivity contribution in [2.45, 2.75) is 19.5 Å². The standard InChI is InChI=1S/C13H13BrN2O2S/c1-9(11-2-4-12(14)5-3-11)15-7-10-6-13(16(17)18)19-8-10/h2-6,8-9,15H,7H2,1H3/t9-/m1/s1. The maximum Gasteiger partial charge on any atom is 0.324 e. The molecule has 19 heavy (non-hydrogen) atoms. The number of hydrogen-bond donors (Lipinski definition) is 1. The first-order valence-corrected chi connectivity index (χ1v) is 7.44. The van der Waals surface area contributed by atoms with E-state index >= 15 is 0 Å². The van der Waals surface area contributed by atoms with Crippen molar-refractivity contribution >= 4 is 32.3 Å². The highest BCUT2D eigenvalue weighted by Crippen LogP contribution is 2.23. The molecule has 0 spiro atoms. The highest BCUT2D eigenvalue weighted by molar-refractivity contribution is 9.10. The van der Waals surface area contributed by atoms with Crippen LogP contribution in [0, 0.1) is 10.1 Å². The Balaban J connectivity index is 1.94. The van der Waals surface area contributed by atoms with E-state index in [0.29, 0.717) is 6.54 Å². The number of hydrogen-bond acceptors (Lipinski definition) is 4. The first-order valence-electron chi connectivity index (χ1n) is 5.77. The average molecular weight is 341 g/mol. The predicted octanol–water partition coefficient (Wildman–Crippen LogP) is 4.27. The molecule has 0 amide bonds. The third-order valence-electron chi connectivity index (χ3n) is 2.80. The van der Waals surface area contributed by atoms with E-state index in [-0.39, 0.29) is 16.0 Å². The van der Waals surface area contributed by atoms with Gasteiger partial charge in [0.15, 0.2) is 0 Å². The van der Waals surface area contributed by atoms with Gasteiger partial charge >= 0.3 is 5.00 Å². The van der Waals surface area contributed by atoms with Crippen LogP contribution in [0.3, 0.4) is 0 Å². The van der Waals surface area contributed by atoms with Crippen LogP contribution in [0.15, 0.2) is 40.2 Å². The number of thiophene rings is 1. The molecule has 1 heterocycles. The topological polar surface area (TPSA) is 55.2 Å². The average Bonchev–Trinajstić information content (AvgIpc) is 2.86. The van der Waals surface area contributed by atoms with Gasteiger partial charge in [0, 0.05) is 28.5 Å². The summed E-state index contributed by atoms with van der Waals surface area (Å²) in [5.41, 5.74) is 2.13. The van der Waals surface area contributed by atoms with Gasteiger partial charge in [0.05, 0.1) is 4.92 Å². The molecule has 1 aromatic carbocycles. The molecule has 1 N–H and O–H groups in total. The smallest absolute Gasteiger partial charge is 0.306 e. The molecule has 2 rings (SSSR count). The number of nitrogens with zero attached hydrogens (tertiary/aromatic N) is 1. The monoisotopic (exact) mass is 340 g/mol. The fourth-order valence-electron chi connectivity index (χ4n) is 1.69. The Morgan fingerprint density at radius 2 is 2.11 bits per heavy atom. The van der Waals surface area contributed by atoms with E-state index in [9.17, 15) is 10.1 Å². The lowest BCUT2D eigenvalue weighted by Crippen LogP contribution is -2.17. The van der Waals surface area contributed by atoms with Crippen LogP contribution in [0.5, 0.6) is 0 Å². The molecule has 100 valence electrons. The van der Waals surface area contributed by atoms with Gasteiger partial charge < -0.3 is 5.32 Å². The Morgan fingerprint density at radius 1 is 1.42 bits per heavy atom. The molecule has 1 atom stereocenters. The molecule has 2 aromatic rings. The van der Waals surface area contributed by atoms with Crippen LogP contribution in [0.2, 0.25) is 0 Å². The fraction of sp³-hybridized carbons (Fsp3) is 0.231. The third kappa shape index (κ3) is 3.86. The van der Waals surface area contributed by atoms with Crippen molar-refractivity contribution in [3.8, 4) is 0 Å². The summed E-state index contributed by atoms with van der Waals surface area (Å²) in [5, 5.41) is 16.0. The van der Waals surface area contributed by atoms with Crippen molar-refractivity contribution in [3.63, 3.8) is 0 Å². The first kappa shape index (κ1) is 14.2. The Hall–Kier alpha value is -1.24. The minimum atomic E-state index is -0.355. The van der Waals surface area contributed by atoms with E-state index in [1.165, 1.54) is 5.56 Å². The fourth-order valence-corrected chi connectivity index (χ4v) is 2.68.